The van der Waals surface area contributed by atoms with Gasteiger partial charge in [0.25, 0.3) is 0 Å². The summed E-state index contributed by atoms with van der Waals surface area (Å²) in [7, 11) is 0. The van der Waals surface area contributed by atoms with Crippen LogP contribution in [0.2, 0.25) is 0 Å². The summed E-state index contributed by atoms with van der Waals surface area (Å²) >= 11 is 0. The smallest absolute Gasteiger partial charge is 0.183 e. The van der Waals surface area contributed by atoms with Crippen LogP contribution in [0.1, 0.15) is 5.69 Å². The van der Waals surface area contributed by atoms with Gasteiger partial charge in [-0.15, -0.1) is 0 Å². The summed E-state index contributed by atoms with van der Waals surface area (Å²) < 4.78 is 5.36. The maximum atomic E-state index is 5.36. The Morgan fingerprint density at radius 2 is 2.00 bits per heavy atom. The lowest BCUT2D eigenvalue weighted by atomic mass is 10.2. The molecule has 0 atom stereocenters. The molecule has 4 heteroatoms. The van der Waals surface area contributed by atoms with Crippen molar-refractivity contribution in [1.29, 1.82) is 0 Å². The first kappa shape index (κ1) is 8.75. The summed E-state index contributed by atoms with van der Waals surface area (Å²) in [5, 5.41) is 4.98. The van der Waals surface area contributed by atoms with Crippen LogP contribution < -0.4 is 0 Å². The molecule has 0 bridgehead atoms. The van der Waals surface area contributed by atoms with Gasteiger partial charge in [0, 0.05) is 10.8 Å². The van der Waals surface area contributed by atoms with Crippen molar-refractivity contribution < 1.29 is 4.52 Å². The second-order valence-electron chi connectivity index (χ2n) is 4.16. The Hall–Kier alpha value is -2.36. The lowest BCUT2D eigenvalue weighted by Gasteiger charge is -1.90. The van der Waals surface area contributed by atoms with E-state index in [0.717, 1.165) is 38.7 Å². The van der Waals surface area contributed by atoms with Crippen LogP contribution in [0.3, 0.4) is 0 Å². The van der Waals surface area contributed by atoms with Gasteiger partial charge in [-0.1, -0.05) is 18.2 Å². The van der Waals surface area contributed by atoms with Crippen molar-refractivity contribution in [2.75, 3.05) is 0 Å². The standard InChI is InChI=1S/C13H9N3O/c1-7-12-11(17-16-7)6-9-8-4-2-3-5-10(8)14-13(9)15-12/h2-6,16H,1H3. The van der Waals surface area contributed by atoms with Gasteiger partial charge in [-0.2, -0.15) is 0 Å². The van der Waals surface area contributed by atoms with Crippen LogP contribution in [0.25, 0.3) is 33.0 Å². The van der Waals surface area contributed by atoms with E-state index in [2.05, 4.69) is 21.2 Å². The van der Waals surface area contributed by atoms with Crippen LogP contribution in [-0.4, -0.2) is 15.1 Å². The molecule has 4 aromatic rings. The van der Waals surface area contributed by atoms with E-state index < -0.39 is 0 Å². The zero-order valence-corrected chi connectivity index (χ0v) is 9.19. The van der Waals surface area contributed by atoms with Gasteiger partial charge in [0.05, 0.1) is 11.2 Å². The molecule has 3 aromatic heterocycles. The van der Waals surface area contributed by atoms with Crippen molar-refractivity contribution in [3.8, 4) is 0 Å². The van der Waals surface area contributed by atoms with Crippen molar-refractivity contribution in [2.24, 2.45) is 0 Å². The fourth-order valence-electron chi connectivity index (χ4n) is 2.21. The molecule has 3 heterocycles. The van der Waals surface area contributed by atoms with E-state index in [0.29, 0.717) is 0 Å². The number of nitrogens with zero attached hydrogens (tertiary/aromatic N) is 2. The molecular weight excluding hydrogens is 214 g/mol. The number of fused-ring (bicyclic) bond motifs is 4. The molecule has 1 aromatic carbocycles. The van der Waals surface area contributed by atoms with E-state index in [1.165, 1.54) is 0 Å². The second kappa shape index (κ2) is 2.85. The Bertz CT molecular complexity index is 857. The molecule has 0 spiro atoms. The number of para-hydroxylation sites is 1. The summed E-state index contributed by atoms with van der Waals surface area (Å²) in [4.78, 5) is 9.06. The average molecular weight is 223 g/mol. The normalized spacial score (nSPS) is 11.8. The van der Waals surface area contributed by atoms with Crippen LogP contribution in [0.15, 0.2) is 34.9 Å². The lowest BCUT2D eigenvalue weighted by molar-refractivity contribution is 0.450. The number of aryl methyl sites for hydroxylation is 1. The third-order valence-electron chi connectivity index (χ3n) is 3.06. The lowest BCUT2D eigenvalue weighted by Crippen LogP contribution is -1.79. The molecule has 0 aliphatic heterocycles. The fourth-order valence-corrected chi connectivity index (χ4v) is 2.21. The molecule has 0 fully saturated rings. The maximum Gasteiger partial charge on any atom is 0.183 e. The molecule has 0 radical (unpaired) electrons. The van der Waals surface area contributed by atoms with Gasteiger partial charge in [-0.3, -0.25) is 0 Å². The molecule has 0 aliphatic rings. The number of hydrogen-bond acceptors (Lipinski definition) is 3. The van der Waals surface area contributed by atoms with Crippen LogP contribution in [0, 0.1) is 6.92 Å². The van der Waals surface area contributed by atoms with Crippen molar-refractivity contribution in [1.82, 2.24) is 15.1 Å². The molecule has 1 N–H and O–H groups in total. The number of H-pyrrole nitrogens is 1. The number of pyridine rings is 1. The molecule has 0 unspecified atom stereocenters. The quantitative estimate of drug-likeness (QED) is 0.498. The van der Waals surface area contributed by atoms with Gasteiger partial charge in [0.1, 0.15) is 5.52 Å². The topological polar surface area (TPSA) is 54.7 Å². The van der Waals surface area contributed by atoms with E-state index in [1.54, 1.807) is 0 Å². The zero-order chi connectivity index (χ0) is 11.4. The maximum absolute atomic E-state index is 5.36. The third-order valence-corrected chi connectivity index (χ3v) is 3.06. The van der Waals surface area contributed by atoms with Crippen LogP contribution in [0.4, 0.5) is 0 Å². The monoisotopic (exact) mass is 223 g/mol. The minimum Gasteiger partial charge on any atom is -0.380 e. The molecule has 0 saturated carbocycles. The molecule has 0 aliphatic carbocycles. The minimum absolute atomic E-state index is 0.771. The second-order valence-corrected chi connectivity index (χ2v) is 4.16. The van der Waals surface area contributed by atoms with Crippen molar-refractivity contribution >= 4 is 33.0 Å². The molecule has 82 valence electrons. The number of hydrogen-bond donors (Lipinski definition) is 1. The fraction of sp³-hybridized carbons (Fsp3) is 0.0769. The number of aromatic amines is 1. The van der Waals surface area contributed by atoms with Crippen LogP contribution in [0.5, 0.6) is 0 Å². The molecule has 17 heavy (non-hydrogen) atoms. The van der Waals surface area contributed by atoms with Gasteiger partial charge in [0.2, 0.25) is 0 Å². The van der Waals surface area contributed by atoms with Gasteiger partial charge in [-0.05, 0) is 19.1 Å². The molecule has 0 saturated heterocycles. The first-order valence-electron chi connectivity index (χ1n) is 5.46. The van der Waals surface area contributed by atoms with Crippen molar-refractivity contribution in [2.45, 2.75) is 6.92 Å². The van der Waals surface area contributed by atoms with E-state index in [1.807, 2.05) is 31.2 Å². The zero-order valence-electron chi connectivity index (χ0n) is 9.19. The summed E-state index contributed by atoms with van der Waals surface area (Å²) in [6, 6.07) is 10.0. The number of aromatic nitrogens is 3. The summed E-state index contributed by atoms with van der Waals surface area (Å²) in [6.07, 6.45) is 0. The van der Waals surface area contributed by atoms with Crippen LogP contribution >= 0.6 is 0 Å². The van der Waals surface area contributed by atoms with Gasteiger partial charge in [0.15, 0.2) is 11.2 Å². The Morgan fingerprint density at radius 3 is 2.94 bits per heavy atom. The molecular formula is C13H9N3O. The highest BCUT2D eigenvalue weighted by Gasteiger charge is 2.11. The largest absolute Gasteiger partial charge is 0.380 e. The van der Waals surface area contributed by atoms with E-state index >= 15 is 0 Å². The van der Waals surface area contributed by atoms with E-state index in [-0.39, 0.29) is 0 Å². The Morgan fingerprint density at radius 1 is 1.12 bits per heavy atom. The predicted octanol–water partition coefficient (Wildman–Crippen LogP) is 3.17. The van der Waals surface area contributed by atoms with E-state index in [9.17, 15) is 0 Å². The number of benzene rings is 1. The van der Waals surface area contributed by atoms with Gasteiger partial charge >= 0.3 is 0 Å². The van der Waals surface area contributed by atoms with Crippen molar-refractivity contribution in [3.63, 3.8) is 0 Å². The minimum atomic E-state index is 0.771. The Balaban J connectivity index is 2.29. The SMILES string of the molecule is Cc1[nH]oc2cc3c(nc4ccccc43)nc12. The molecule has 4 rings (SSSR count). The van der Waals surface area contributed by atoms with Crippen LogP contribution in [-0.2, 0) is 0 Å². The highest BCUT2D eigenvalue weighted by molar-refractivity contribution is 6.08. The first-order valence-corrected chi connectivity index (χ1v) is 5.46. The highest BCUT2D eigenvalue weighted by atomic mass is 16.5. The average Bonchev–Trinajstić information content (AvgIpc) is 2.88. The highest BCUT2D eigenvalue weighted by Crippen LogP contribution is 2.27. The number of rotatable bonds is 0. The predicted molar refractivity (Wildman–Crippen MR) is 65.9 cm³/mol. The summed E-state index contributed by atoms with van der Waals surface area (Å²) in [5.74, 6) is 0. The number of nitrogens with one attached hydrogen (secondary N) is 1. The summed E-state index contributed by atoms with van der Waals surface area (Å²) in [5.41, 5.74) is 4.29. The van der Waals surface area contributed by atoms with Gasteiger partial charge in [-0.25, -0.2) is 15.1 Å². The Kier molecular flexibility index (Phi) is 1.47. The summed E-state index contributed by atoms with van der Waals surface area (Å²) in [6.45, 7) is 1.94. The third kappa shape index (κ3) is 1.07. The first-order chi connectivity index (χ1) is 8.33. The Labute approximate surface area is 96.2 Å². The van der Waals surface area contributed by atoms with Crippen molar-refractivity contribution in [3.05, 3.63) is 36.0 Å². The van der Waals surface area contributed by atoms with Gasteiger partial charge < -0.3 is 4.52 Å². The van der Waals surface area contributed by atoms with E-state index in [4.69, 9.17) is 4.52 Å². The molecule has 4 nitrogen and oxygen atoms in total. The molecule has 0 amide bonds.